The Bertz CT molecular complexity index is 391. The van der Waals surface area contributed by atoms with Gasteiger partial charge in [-0.3, -0.25) is 14.3 Å². The van der Waals surface area contributed by atoms with Crippen molar-refractivity contribution >= 4 is 16.7 Å². The zero-order chi connectivity index (χ0) is 14.9. The van der Waals surface area contributed by atoms with Crippen molar-refractivity contribution in [2.45, 2.75) is 69.8 Å². The van der Waals surface area contributed by atoms with Crippen LogP contribution >= 0.6 is 0 Å². The molecule has 4 nitrogen and oxygen atoms in total. The molecule has 1 N–H and O–H groups in total. The van der Waals surface area contributed by atoms with E-state index in [-0.39, 0.29) is 22.9 Å². The smallest absolute Gasteiger partial charge is 0.244 e. The van der Waals surface area contributed by atoms with Crippen molar-refractivity contribution in [1.82, 2.24) is 10.2 Å². The predicted octanol–water partition coefficient (Wildman–Crippen LogP) is 1.87. The van der Waals surface area contributed by atoms with Gasteiger partial charge in [0.05, 0.1) is 11.7 Å². The summed E-state index contributed by atoms with van der Waals surface area (Å²) in [6.45, 7) is 6.94. The van der Waals surface area contributed by atoms with Gasteiger partial charge in [-0.25, -0.2) is 0 Å². The largest absolute Gasteiger partial charge is 0.324 e. The Labute approximate surface area is 125 Å². The van der Waals surface area contributed by atoms with Crippen LogP contribution in [-0.2, 0) is 15.6 Å². The van der Waals surface area contributed by atoms with Crippen molar-refractivity contribution < 1.29 is 9.00 Å². The summed E-state index contributed by atoms with van der Waals surface area (Å²) in [5.74, 6) is 0.791. The van der Waals surface area contributed by atoms with Gasteiger partial charge < -0.3 is 4.90 Å². The summed E-state index contributed by atoms with van der Waals surface area (Å²) >= 11 is 0. The third-order valence-electron chi connectivity index (χ3n) is 4.66. The fraction of sp³-hybridized carbons (Fsp3) is 0.933. The minimum absolute atomic E-state index is 0.0342. The van der Waals surface area contributed by atoms with E-state index in [1.165, 1.54) is 0 Å². The van der Waals surface area contributed by atoms with Crippen LogP contribution in [0.4, 0.5) is 0 Å². The predicted molar refractivity (Wildman–Crippen MR) is 82.8 cm³/mol. The molecule has 1 heterocycles. The van der Waals surface area contributed by atoms with Crippen LogP contribution in [-0.4, -0.2) is 44.8 Å². The second-order valence-electron chi connectivity index (χ2n) is 6.85. The van der Waals surface area contributed by atoms with Crippen molar-refractivity contribution in [2.24, 2.45) is 5.92 Å². The SMILES string of the molecule is CC(C)CC1NC2(CCCC2)C(=O)N1CC(C)S(C)=O. The van der Waals surface area contributed by atoms with Crippen molar-refractivity contribution in [1.29, 1.82) is 0 Å². The fourth-order valence-corrected chi connectivity index (χ4v) is 3.81. The van der Waals surface area contributed by atoms with Gasteiger partial charge in [0, 0.05) is 28.9 Å². The highest BCUT2D eigenvalue weighted by Gasteiger charge is 2.52. The van der Waals surface area contributed by atoms with Gasteiger partial charge in [0.2, 0.25) is 5.91 Å². The average Bonchev–Trinajstić information content (AvgIpc) is 2.90. The van der Waals surface area contributed by atoms with Crippen molar-refractivity contribution in [3.05, 3.63) is 0 Å². The molecule has 3 unspecified atom stereocenters. The van der Waals surface area contributed by atoms with Gasteiger partial charge in [0.1, 0.15) is 0 Å². The molecular weight excluding hydrogens is 272 g/mol. The summed E-state index contributed by atoms with van der Waals surface area (Å²) in [4.78, 5) is 14.8. The molecule has 2 rings (SSSR count). The number of rotatable bonds is 5. The van der Waals surface area contributed by atoms with Gasteiger partial charge in [-0.15, -0.1) is 0 Å². The number of hydrogen-bond donors (Lipinski definition) is 1. The molecule has 1 spiro atoms. The zero-order valence-electron chi connectivity index (χ0n) is 13.1. The Kier molecular flexibility index (Phi) is 4.90. The quantitative estimate of drug-likeness (QED) is 0.843. The fourth-order valence-electron chi connectivity index (χ4n) is 3.44. The van der Waals surface area contributed by atoms with Crippen LogP contribution in [0.2, 0.25) is 0 Å². The maximum absolute atomic E-state index is 12.8. The van der Waals surface area contributed by atoms with E-state index in [4.69, 9.17) is 0 Å². The van der Waals surface area contributed by atoms with Crippen LogP contribution in [0.5, 0.6) is 0 Å². The molecule has 1 aliphatic heterocycles. The van der Waals surface area contributed by atoms with Gasteiger partial charge in [-0.1, -0.05) is 26.7 Å². The molecule has 1 saturated heterocycles. The molecule has 2 aliphatic rings. The molecule has 0 radical (unpaired) electrons. The first-order chi connectivity index (χ1) is 9.35. The van der Waals surface area contributed by atoms with Gasteiger partial charge in [0.15, 0.2) is 0 Å². The van der Waals surface area contributed by atoms with E-state index in [2.05, 4.69) is 19.2 Å². The number of carbonyl (C=O) groups is 1. The number of nitrogens with one attached hydrogen (secondary N) is 1. The maximum Gasteiger partial charge on any atom is 0.244 e. The van der Waals surface area contributed by atoms with Gasteiger partial charge in [0.25, 0.3) is 0 Å². The molecule has 3 atom stereocenters. The Balaban J connectivity index is 2.15. The molecule has 0 aromatic carbocycles. The third kappa shape index (κ3) is 3.08. The van der Waals surface area contributed by atoms with E-state index in [1.807, 2.05) is 11.8 Å². The number of nitrogens with zero attached hydrogens (tertiary/aromatic N) is 1. The number of amides is 1. The van der Waals surface area contributed by atoms with Gasteiger partial charge in [-0.2, -0.15) is 0 Å². The lowest BCUT2D eigenvalue weighted by molar-refractivity contribution is -0.133. The van der Waals surface area contributed by atoms with Crippen LogP contribution in [0, 0.1) is 5.92 Å². The van der Waals surface area contributed by atoms with E-state index in [1.54, 1.807) is 6.26 Å². The van der Waals surface area contributed by atoms with Crippen LogP contribution < -0.4 is 5.32 Å². The summed E-state index contributed by atoms with van der Waals surface area (Å²) in [7, 11) is -0.884. The van der Waals surface area contributed by atoms with Crippen LogP contribution in [0.25, 0.3) is 0 Å². The summed E-state index contributed by atoms with van der Waals surface area (Å²) in [6.07, 6.45) is 7.00. The first-order valence-corrected chi connectivity index (χ1v) is 9.39. The second-order valence-corrected chi connectivity index (χ2v) is 8.65. The van der Waals surface area contributed by atoms with E-state index < -0.39 is 10.8 Å². The van der Waals surface area contributed by atoms with Crippen molar-refractivity contribution in [3.8, 4) is 0 Å². The highest BCUT2D eigenvalue weighted by Crippen LogP contribution is 2.37. The molecule has 116 valence electrons. The normalized spacial score (nSPS) is 28.6. The molecule has 1 aliphatic carbocycles. The van der Waals surface area contributed by atoms with E-state index in [9.17, 15) is 9.00 Å². The Morgan fingerprint density at radius 1 is 1.35 bits per heavy atom. The van der Waals surface area contributed by atoms with Crippen LogP contribution in [0.1, 0.15) is 52.9 Å². The topological polar surface area (TPSA) is 49.4 Å². The lowest BCUT2D eigenvalue weighted by Crippen LogP contribution is -2.45. The number of carbonyl (C=O) groups excluding carboxylic acids is 1. The highest BCUT2D eigenvalue weighted by molar-refractivity contribution is 7.84. The minimum Gasteiger partial charge on any atom is -0.324 e. The maximum atomic E-state index is 12.8. The first kappa shape index (κ1) is 16.0. The zero-order valence-corrected chi connectivity index (χ0v) is 14.0. The molecule has 0 aromatic heterocycles. The van der Waals surface area contributed by atoms with Crippen molar-refractivity contribution in [3.63, 3.8) is 0 Å². The van der Waals surface area contributed by atoms with Gasteiger partial charge in [-0.05, 0) is 32.1 Å². The molecule has 20 heavy (non-hydrogen) atoms. The lowest BCUT2D eigenvalue weighted by atomic mass is 9.98. The second kappa shape index (κ2) is 6.14. The average molecular weight is 300 g/mol. The molecule has 5 heteroatoms. The Morgan fingerprint density at radius 2 is 1.95 bits per heavy atom. The molecule has 1 amide bonds. The summed E-state index contributed by atoms with van der Waals surface area (Å²) < 4.78 is 11.6. The highest BCUT2D eigenvalue weighted by atomic mass is 32.2. The molecule has 0 bridgehead atoms. The number of hydrogen-bond acceptors (Lipinski definition) is 3. The van der Waals surface area contributed by atoms with Gasteiger partial charge >= 0.3 is 0 Å². The Hall–Kier alpha value is -0.420. The lowest BCUT2D eigenvalue weighted by Gasteiger charge is -2.27. The minimum atomic E-state index is -0.884. The molecule has 0 aromatic rings. The Morgan fingerprint density at radius 3 is 2.45 bits per heavy atom. The van der Waals surface area contributed by atoms with Crippen molar-refractivity contribution in [2.75, 3.05) is 12.8 Å². The summed E-state index contributed by atoms with van der Waals surface area (Å²) in [5, 5.41) is 3.65. The first-order valence-electron chi connectivity index (χ1n) is 7.77. The monoisotopic (exact) mass is 300 g/mol. The third-order valence-corrected chi connectivity index (χ3v) is 5.94. The summed E-state index contributed by atoms with van der Waals surface area (Å²) in [6, 6.07) is 0. The standard InChI is InChI=1S/C15H28N2O2S/c1-11(2)9-13-16-15(7-5-6-8-15)14(18)17(13)10-12(3)20(4)19/h11-13,16H,5-10H2,1-4H3. The summed E-state index contributed by atoms with van der Waals surface area (Å²) in [5.41, 5.74) is -0.311. The van der Waals surface area contributed by atoms with Crippen LogP contribution in [0.3, 0.4) is 0 Å². The van der Waals surface area contributed by atoms with E-state index >= 15 is 0 Å². The van der Waals surface area contributed by atoms with E-state index in [0.29, 0.717) is 12.5 Å². The molecule has 2 fully saturated rings. The molecular formula is C15H28N2O2S. The molecule has 1 saturated carbocycles. The van der Waals surface area contributed by atoms with E-state index in [0.717, 1.165) is 32.1 Å². The van der Waals surface area contributed by atoms with Crippen LogP contribution in [0.15, 0.2) is 0 Å².